The van der Waals surface area contributed by atoms with E-state index in [1.165, 1.54) is 83.5 Å². The monoisotopic (exact) mass is 387 g/mol. The van der Waals surface area contributed by atoms with Gasteiger partial charge in [0.15, 0.2) is 0 Å². The zero-order valence-electron chi connectivity index (χ0n) is 17.7. The van der Waals surface area contributed by atoms with Crippen molar-refractivity contribution in [2.24, 2.45) is 0 Å². The molecule has 5 heteroatoms. The quantitative estimate of drug-likeness (QED) is 0.197. The van der Waals surface area contributed by atoms with E-state index in [4.69, 9.17) is 14.9 Å². The Kier molecular flexibility index (Phi) is 21.1. The van der Waals surface area contributed by atoms with Crippen molar-refractivity contribution in [2.45, 2.75) is 116 Å². The molecule has 0 saturated heterocycles. The molecule has 0 heterocycles. The highest BCUT2D eigenvalue weighted by molar-refractivity contribution is 5.75. The highest BCUT2D eigenvalue weighted by Gasteiger charge is 2.03. The first kappa shape index (κ1) is 26.4. The largest absolute Gasteiger partial charge is 0.394 e. The minimum atomic E-state index is -0.877. The third kappa shape index (κ3) is 21.5. The van der Waals surface area contributed by atoms with E-state index >= 15 is 0 Å². The van der Waals surface area contributed by atoms with Crippen LogP contribution in [0.15, 0.2) is 0 Å². The molecule has 0 aromatic rings. The van der Waals surface area contributed by atoms with Crippen molar-refractivity contribution in [1.82, 2.24) is 5.32 Å². The fourth-order valence-corrected chi connectivity index (χ4v) is 3.12. The van der Waals surface area contributed by atoms with Crippen LogP contribution in [-0.2, 0) is 9.53 Å². The van der Waals surface area contributed by atoms with Crippen LogP contribution >= 0.6 is 0 Å². The van der Waals surface area contributed by atoms with Gasteiger partial charge in [0.25, 0.3) is 0 Å². The third-order valence-electron chi connectivity index (χ3n) is 4.90. The Bertz CT molecular complexity index is 313. The minimum absolute atomic E-state index is 0.0109. The smallest absolute Gasteiger partial charge is 0.221 e. The first-order valence-electron chi connectivity index (χ1n) is 11.3. The second-order valence-corrected chi connectivity index (χ2v) is 7.65. The van der Waals surface area contributed by atoms with E-state index in [0.29, 0.717) is 6.42 Å². The summed E-state index contributed by atoms with van der Waals surface area (Å²) in [5.74, 6) is -0.0109. The normalized spacial score (nSPS) is 12.3. The first-order valence-corrected chi connectivity index (χ1v) is 11.3. The molecule has 162 valence electrons. The van der Waals surface area contributed by atoms with Crippen LogP contribution in [0.1, 0.15) is 110 Å². The lowest BCUT2D eigenvalue weighted by atomic mass is 10.0. The molecule has 1 amide bonds. The van der Waals surface area contributed by atoms with E-state index in [2.05, 4.69) is 12.2 Å². The number of ether oxygens (including phenoxy) is 1. The molecule has 0 aromatic carbocycles. The number of hydrogen-bond donors (Lipinski definition) is 3. The van der Waals surface area contributed by atoms with E-state index in [0.717, 1.165) is 12.8 Å². The molecule has 0 rings (SSSR count). The van der Waals surface area contributed by atoms with Gasteiger partial charge in [-0.05, 0) is 6.42 Å². The van der Waals surface area contributed by atoms with Crippen molar-refractivity contribution >= 4 is 5.91 Å². The maximum Gasteiger partial charge on any atom is 0.221 e. The van der Waals surface area contributed by atoms with Crippen LogP contribution < -0.4 is 5.32 Å². The number of unbranched alkanes of at least 4 members (excludes halogenated alkanes) is 14. The molecule has 0 radical (unpaired) electrons. The van der Waals surface area contributed by atoms with Crippen molar-refractivity contribution in [3.05, 3.63) is 0 Å². The van der Waals surface area contributed by atoms with E-state index < -0.39 is 6.10 Å². The van der Waals surface area contributed by atoms with Crippen LogP contribution in [0.2, 0.25) is 0 Å². The van der Waals surface area contributed by atoms with Crippen molar-refractivity contribution in [1.29, 1.82) is 0 Å². The molecule has 3 N–H and O–H groups in total. The van der Waals surface area contributed by atoms with Gasteiger partial charge >= 0.3 is 0 Å². The molecule has 5 nitrogen and oxygen atoms in total. The predicted octanol–water partition coefficient (Wildman–Crippen LogP) is 4.69. The standard InChI is InChI=1S/C22H45NO4/c1-2-3-4-5-6-7-8-9-10-11-12-13-14-15-16-17-22(26)23-20-27-19-21(25)18-24/h21,24-25H,2-20H2,1H3,(H,23,26). The number of aliphatic hydroxyl groups is 2. The molecule has 0 aromatic heterocycles. The lowest BCUT2D eigenvalue weighted by molar-refractivity contribution is -0.123. The summed E-state index contributed by atoms with van der Waals surface area (Å²) >= 11 is 0. The van der Waals surface area contributed by atoms with Crippen molar-refractivity contribution < 1.29 is 19.7 Å². The van der Waals surface area contributed by atoms with Gasteiger partial charge < -0.3 is 20.3 Å². The molecule has 0 fully saturated rings. The molecule has 1 unspecified atom stereocenters. The SMILES string of the molecule is CCCCCCCCCCCCCCCCCC(=O)NCOCC(O)CO. The van der Waals surface area contributed by atoms with Gasteiger partial charge in [-0.1, -0.05) is 96.8 Å². The zero-order valence-corrected chi connectivity index (χ0v) is 17.7. The van der Waals surface area contributed by atoms with E-state index in [-0.39, 0.29) is 25.9 Å². The number of amides is 1. The molecule has 0 aliphatic carbocycles. The molecular formula is C22H45NO4. The van der Waals surface area contributed by atoms with Gasteiger partial charge in [0.1, 0.15) is 12.8 Å². The first-order chi connectivity index (χ1) is 13.2. The number of hydrogen-bond acceptors (Lipinski definition) is 4. The lowest BCUT2D eigenvalue weighted by Crippen LogP contribution is -2.29. The van der Waals surface area contributed by atoms with Crippen LogP contribution in [0, 0.1) is 0 Å². The minimum Gasteiger partial charge on any atom is -0.394 e. The molecule has 0 bridgehead atoms. The van der Waals surface area contributed by atoms with Crippen LogP contribution in [0.3, 0.4) is 0 Å². The second kappa shape index (κ2) is 21.6. The predicted molar refractivity (Wildman–Crippen MR) is 112 cm³/mol. The summed E-state index contributed by atoms with van der Waals surface area (Å²) < 4.78 is 5.04. The molecule has 0 spiro atoms. The van der Waals surface area contributed by atoms with Crippen LogP contribution in [0.5, 0.6) is 0 Å². The number of nitrogens with one attached hydrogen (secondary N) is 1. The summed E-state index contributed by atoms with van der Waals surface area (Å²) in [7, 11) is 0. The number of carbonyl (C=O) groups excluding carboxylic acids is 1. The number of aliphatic hydroxyl groups excluding tert-OH is 2. The summed E-state index contributed by atoms with van der Waals surface area (Å²) in [5, 5.41) is 20.4. The van der Waals surface area contributed by atoms with Gasteiger partial charge in [0.05, 0.1) is 13.2 Å². The van der Waals surface area contributed by atoms with Gasteiger partial charge in [0.2, 0.25) is 5.91 Å². The maximum absolute atomic E-state index is 11.6. The van der Waals surface area contributed by atoms with Gasteiger partial charge in [-0.2, -0.15) is 0 Å². The lowest BCUT2D eigenvalue weighted by Gasteiger charge is -2.09. The fourth-order valence-electron chi connectivity index (χ4n) is 3.12. The van der Waals surface area contributed by atoms with Crippen molar-refractivity contribution in [3.63, 3.8) is 0 Å². The van der Waals surface area contributed by atoms with E-state index in [1.807, 2.05) is 0 Å². The molecule has 0 saturated carbocycles. The van der Waals surface area contributed by atoms with Crippen LogP contribution in [0.4, 0.5) is 0 Å². The average Bonchev–Trinajstić information content (AvgIpc) is 2.68. The Morgan fingerprint density at radius 1 is 0.815 bits per heavy atom. The number of carbonyl (C=O) groups is 1. The van der Waals surface area contributed by atoms with Crippen molar-refractivity contribution in [2.75, 3.05) is 19.9 Å². The Morgan fingerprint density at radius 2 is 1.26 bits per heavy atom. The molecule has 1 atom stereocenters. The maximum atomic E-state index is 11.6. The van der Waals surface area contributed by atoms with Crippen molar-refractivity contribution in [3.8, 4) is 0 Å². The molecule has 0 aliphatic rings. The molecule has 0 aliphatic heterocycles. The van der Waals surface area contributed by atoms with Crippen LogP contribution in [0.25, 0.3) is 0 Å². The highest BCUT2D eigenvalue weighted by Crippen LogP contribution is 2.13. The van der Waals surface area contributed by atoms with Gasteiger partial charge in [0, 0.05) is 6.42 Å². The topological polar surface area (TPSA) is 78.8 Å². The Morgan fingerprint density at radius 3 is 1.70 bits per heavy atom. The van der Waals surface area contributed by atoms with E-state index in [9.17, 15) is 4.79 Å². The van der Waals surface area contributed by atoms with Gasteiger partial charge in [-0.25, -0.2) is 0 Å². The van der Waals surface area contributed by atoms with Crippen LogP contribution in [-0.4, -0.2) is 42.2 Å². The Labute approximate surface area is 167 Å². The summed E-state index contributed by atoms with van der Waals surface area (Å²) in [6, 6.07) is 0. The fraction of sp³-hybridized carbons (Fsp3) is 0.955. The highest BCUT2D eigenvalue weighted by atomic mass is 16.5. The third-order valence-corrected chi connectivity index (χ3v) is 4.90. The number of rotatable bonds is 21. The Balaban J connectivity index is 3.14. The average molecular weight is 388 g/mol. The van der Waals surface area contributed by atoms with E-state index in [1.54, 1.807) is 0 Å². The molecule has 27 heavy (non-hydrogen) atoms. The summed E-state index contributed by atoms with van der Waals surface area (Å²) in [6.45, 7) is 2.07. The molecular weight excluding hydrogens is 342 g/mol. The van der Waals surface area contributed by atoms with Gasteiger partial charge in [-0.3, -0.25) is 4.79 Å². The summed E-state index contributed by atoms with van der Waals surface area (Å²) in [5.41, 5.74) is 0. The van der Waals surface area contributed by atoms with Gasteiger partial charge in [-0.15, -0.1) is 0 Å². The summed E-state index contributed by atoms with van der Waals surface area (Å²) in [6.07, 6.45) is 19.4. The second-order valence-electron chi connectivity index (χ2n) is 7.65. The Hall–Kier alpha value is -0.650. The summed E-state index contributed by atoms with van der Waals surface area (Å²) in [4.78, 5) is 11.6. The zero-order chi connectivity index (χ0) is 20.0.